The zero-order valence-electron chi connectivity index (χ0n) is 13.6. The number of amides is 1. The van der Waals surface area contributed by atoms with Crippen LogP contribution in [0.25, 0.3) is 0 Å². The van der Waals surface area contributed by atoms with Crippen LogP contribution in [0.4, 0.5) is 5.69 Å². The quantitative estimate of drug-likeness (QED) is 0.540. The van der Waals surface area contributed by atoms with E-state index >= 15 is 0 Å². The van der Waals surface area contributed by atoms with Crippen molar-refractivity contribution < 1.29 is 9.53 Å². The molecule has 2 rings (SSSR count). The van der Waals surface area contributed by atoms with E-state index in [-0.39, 0.29) is 18.2 Å². The van der Waals surface area contributed by atoms with Crippen LogP contribution in [-0.4, -0.2) is 18.3 Å². The van der Waals surface area contributed by atoms with E-state index in [1.165, 1.54) is 6.08 Å². The first-order chi connectivity index (χ1) is 11.7. The minimum absolute atomic E-state index is 0.0365. The molecule has 0 aromatic heterocycles. The lowest BCUT2D eigenvalue weighted by Crippen LogP contribution is -2.29. The summed E-state index contributed by atoms with van der Waals surface area (Å²) in [6.07, 6.45) is 3.34. The number of amidine groups is 1. The van der Waals surface area contributed by atoms with Gasteiger partial charge in [0.05, 0.1) is 13.0 Å². The number of carbonyl (C=O) groups excluding carboxylic acids is 1. The molecule has 0 spiro atoms. The van der Waals surface area contributed by atoms with Gasteiger partial charge in [0.15, 0.2) is 0 Å². The molecular weight excluding hydrogens is 302 g/mol. The SMILES string of the molecule is CCOc1ccc(CC(=O)NC(=N)/C=C\Nc2ccccc2)cc1. The molecule has 24 heavy (non-hydrogen) atoms. The fourth-order valence-electron chi connectivity index (χ4n) is 2.05. The molecule has 3 N–H and O–H groups in total. The third-order valence-electron chi connectivity index (χ3n) is 3.15. The van der Waals surface area contributed by atoms with Crippen molar-refractivity contribution in [3.8, 4) is 5.75 Å². The number of ether oxygens (including phenoxy) is 1. The van der Waals surface area contributed by atoms with E-state index in [2.05, 4.69) is 10.6 Å². The third-order valence-corrected chi connectivity index (χ3v) is 3.15. The first-order valence-electron chi connectivity index (χ1n) is 7.75. The van der Waals surface area contributed by atoms with Crippen LogP contribution < -0.4 is 15.4 Å². The molecule has 2 aromatic rings. The number of para-hydroxylation sites is 1. The van der Waals surface area contributed by atoms with Crippen molar-refractivity contribution in [1.82, 2.24) is 5.32 Å². The second-order valence-corrected chi connectivity index (χ2v) is 5.06. The van der Waals surface area contributed by atoms with Crippen LogP contribution in [0.1, 0.15) is 12.5 Å². The van der Waals surface area contributed by atoms with Gasteiger partial charge in [-0.1, -0.05) is 30.3 Å². The van der Waals surface area contributed by atoms with Gasteiger partial charge in [-0.25, -0.2) is 0 Å². The topological polar surface area (TPSA) is 74.2 Å². The summed E-state index contributed by atoms with van der Waals surface area (Å²) < 4.78 is 5.36. The zero-order chi connectivity index (χ0) is 17.2. The molecule has 0 fully saturated rings. The van der Waals surface area contributed by atoms with E-state index in [0.717, 1.165) is 17.0 Å². The Morgan fingerprint density at radius 3 is 2.50 bits per heavy atom. The number of anilines is 1. The van der Waals surface area contributed by atoms with Crippen LogP contribution in [0.15, 0.2) is 66.9 Å². The first-order valence-corrected chi connectivity index (χ1v) is 7.75. The Bertz CT molecular complexity index is 694. The van der Waals surface area contributed by atoms with Crippen LogP contribution in [0.3, 0.4) is 0 Å². The van der Waals surface area contributed by atoms with Crippen LogP contribution in [-0.2, 0) is 11.2 Å². The fraction of sp³-hybridized carbons (Fsp3) is 0.158. The van der Waals surface area contributed by atoms with Crippen LogP contribution in [0.2, 0.25) is 0 Å². The Morgan fingerprint density at radius 1 is 1.12 bits per heavy atom. The smallest absolute Gasteiger partial charge is 0.229 e. The predicted octanol–water partition coefficient (Wildman–Crippen LogP) is 3.35. The van der Waals surface area contributed by atoms with Crippen molar-refractivity contribution in [1.29, 1.82) is 5.41 Å². The standard InChI is InChI=1S/C19H21N3O2/c1-2-24-17-10-8-15(9-11-17)14-19(23)22-18(20)12-13-21-16-6-4-3-5-7-16/h3-13,21H,2,14H2,1H3,(H2,20,22,23)/b13-12-. The lowest BCUT2D eigenvalue weighted by atomic mass is 10.1. The average molecular weight is 323 g/mol. The lowest BCUT2D eigenvalue weighted by Gasteiger charge is -2.06. The molecule has 0 saturated heterocycles. The second-order valence-electron chi connectivity index (χ2n) is 5.06. The van der Waals surface area contributed by atoms with Gasteiger partial charge in [-0.15, -0.1) is 0 Å². The normalized spacial score (nSPS) is 10.4. The largest absolute Gasteiger partial charge is 0.494 e. The number of carbonyl (C=O) groups is 1. The maximum Gasteiger partial charge on any atom is 0.229 e. The van der Waals surface area contributed by atoms with Crippen molar-refractivity contribution in [2.45, 2.75) is 13.3 Å². The molecule has 0 aliphatic heterocycles. The molecule has 2 aromatic carbocycles. The Balaban J connectivity index is 1.77. The lowest BCUT2D eigenvalue weighted by molar-refractivity contribution is -0.119. The molecule has 0 aliphatic carbocycles. The number of hydrogen-bond acceptors (Lipinski definition) is 4. The van der Waals surface area contributed by atoms with Crippen molar-refractivity contribution in [3.63, 3.8) is 0 Å². The average Bonchev–Trinajstić information content (AvgIpc) is 2.58. The van der Waals surface area contributed by atoms with E-state index < -0.39 is 0 Å². The minimum atomic E-state index is -0.228. The maximum absolute atomic E-state index is 11.9. The van der Waals surface area contributed by atoms with Crippen molar-refractivity contribution in [2.24, 2.45) is 0 Å². The highest BCUT2D eigenvalue weighted by Gasteiger charge is 2.04. The molecule has 5 heteroatoms. The van der Waals surface area contributed by atoms with Crippen LogP contribution in [0, 0.1) is 5.41 Å². The third kappa shape index (κ3) is 5.96. The number of benzene rings is 2. The van der Waals surface area contributed by atoms with Gasteiger partial charge in [-0.05, 0) is 42.8 Å². The van der Waals surface area contributed by atoms with Gasteiger partial charge in [0.2, 0.25) is 5.91 Å². The molecule has 1 amide bonds. The van der Waals surface area contributed by atoms with E-state index in [4.69, 9.17) is 10.1 Å². The highest BCUT2D eigenvalue weighted by molar-refractivity contribution is 6.03. The molecule has 0 unspecified atom stereocenters. The Hall–Kier alpha value is -3.08. The summed E-state index contributed by atoms with van der Waals surface area (Å²) in [5, 5.41) is 13.3. The highest BCUT2D eigenvalue weighted by Crippen LogP contribution is 2.12. The van der Waals surface area contributed by atoms with Gasteiger partial charge in [0, 0.05) is 11.9 Å². The fourth-order valence-corrected chi connectivity index (χ4v) is 2.05. The van der Waals surface area contributed by atoms with Gasteiger partial charge in [0.25, 0.3) is 0 Å². The second kappa shape index (κ2) is 9.15. The van der Waals surface area contributed by atoms with Crippen LogP contribution >= 0.6 is 0 Å². The molecular formula is C19H21N3O2. The highest BCUT2D eigenvalue weighted by atomic mass is 16.5. The van der Waals surface area contributed by atoms with Crippen molar-refractivity contribution in [2.75, 3.05) is 11.9 Å². The van der Waals surface area contributed by atoms with E-state index in [1.807, 2.05) is 61.5 Å². The Labute approximate surface area is 141 Å². The summed E-state index contributed by atoms with van der Waals surface area (Å²) in [6.45, 7) is 2.54. The molecule has 0 atom stereocenters. The maximum atomic E-state index is 11.9. The summed E-state index contributed by atoms with van der Waals surface area (Å²) in [5.74, 6) is 0.590. The number of hydrogen-bond donors (Lipinski definition) is 3. The van der Waals surface area contributed by atoms with Gasteiger partial charge in [-0.2, -0.15) is 0 Å². The van der Waals surface area contributed by atoms with Gasteiger partial charge < -0.3 is 15.4 Å². The van der Waals surface area contributed by atoms with Crippen LogP contribution in [0.5, 0.6) is 5.75 Å². The Morgan fingerprint density at radius 2 is 1.83 bits per heavy atom. The van der Waals surface area contributed by atoms with Crippen molar-refractivity contribution in [3.05, 3.63) is 72.4 Å². The summed E-state index contributed by atoms with van der Waals surface area (Å²) >= 11 is 0. The summed E-state index contributed by atoms with van der Waals surface area (Å²) in [7, 11) is 0. The zero-order valence-corrected chi connectivity index (χ0v) is 13.6. The van der Waals surface area contributed by atoms with E-state index in [0.29, 0.717) is 6.61 Å². The molecule has 0 saturated carbocycles. The first kappa shape index (κ1) is 17.3. The number of nitrogens with one attached hydrogen (secondary N) is 3. The molecule has 0 bridgehead atoms. The number of rotatable bonds is 7. The molecule has 0 heterocycles. The summed E-state index contributed by atoms with van der Waals surface area (Å²) in [4.78, 5) is 11.9. The molecule has 0 aliphatic rings. The minimum Gasteiger partial charge on any atom is -0.494 e. The summed E-state index contributed by atoms with van der Waals surface area (Å²) in [6, 6.07) is 17.0. The molecule has 124 valence electrons. The predicted molar refractivity (Wildman–Crippen MR) is 96.4 cm³/mol. The monoisotopic (exact) mass is 323 g/mol. The summed E-state index contributed by atoms with van der Waals surface area (Å²) in [5.41, 5.74) is 1.79. The van der Waals surface area contributed by atoms with E-state index in [1.54, 1.807) is 6.20 Å². The van der Waals surface area contributed by atoms with Gasteiger partial charge in [-0.3, -0.25) is 10.2 Å². The van der Waals surface area contributed by atoms with Gasteiger partial charge >= 0.3 is 0 Å². The van der Waals surface area contributed by atoms with Crippen molar-refractivity contribution >= 4 is 17.4 Å². The van der Waals surface area contributed by atoms with E-state index in [9.17, 15) is 4.79 Å². The van der Waals surface area contributed by atoms with Gasteiger partial charge in [0.1, 0.15) is 11.6 Å². The molecule has 0 radical (unpaired) electrons. The Kier molecular flexibility index (Phi) is 6.58. The molecule has 5 nitrogen and oxygen atoms in total.